The van der Waals surface area contributed by atoms with Crippen LogP contribution in [0, 0.1) is 6.92 Å². The van der Waals surface area contributed by atoms with Crippen LogP contribution in [0.25, 0.3) is 0 Å². The SMILES string of the molecule is Cc1ccc(CCC(=O)N2CCCCCC2C(=O)O)cc1. The van der Waals surface area contributed by atoms with E-state index in [2.05, 4.69) is 0 Å². The van der Waals surface area contributed by atoms with Gasteiger partial charge in [0.1, 0.15) is 6.04 Å². The average Bonchev–Trinajstić information content (AvgIpc) is 2.72. The summed E-state index contributed by atoms with van der Waals surface area (Å²) in [7, 11) is 0. The summed E-state index contributed by atoms with van der Waals surface area (Å²) < 4.78 is 0. The molecule has 1 aliphatic heterocycles. The van der Waals surface area contributed by atoms with E-state index in [4.69, 9.17) is 0 Å². The van der Waals surface area contributed by atoms with Crippen molar-refractivity contribution in [3.8, 4) is 0 Å². The third-order valence-corrected chi connectivity index (χ3v) is 4.11. The highest BCUT2D eigenvalue weighted by Gasteiger charge is 2.30. The Balaban J connectivity index is 1.96. The monoisotopic (exact) mass is 289 g/mol. The van der Waals surface area contributed by atoms with Gasteiger partial charge in [-0.2, -0.15) is 0 Å². The highest BCUT2D eigenvalue weighted by Crippen LogP contribution is 2.18. The molecule has 21 heavy (non-hydrogen) atoms. The number of benzene rings is 1. The van der Waals surface area contributed by atoms with Crippen LogP contribution in [0.2, 0.25) is 0 Å². The number of amides is 1. The molecule has 1 aliphatic rings. The van der Waals surface area contributed by atoms with Crippen molar-refractivity contribution in [3.05, 3.63) is 35.4 Å². The van der Waals surface area contributed by atoms with E-state index in [1.807, 2.05) is 31.2 Å². The maximum Gasteiger partial charge on any atom is 0.326 e. The number of hydrogen-bond donors (Lipinski definition) is 1. The summed E-state index contributed by atoms with van der Waals surface area (Å²) in [5.74, 6) is -0.912. The summed E-state index contributed by atoms with van der Waals surface area (Å²) in [6.07, 6.45) is 4.42. The Morgan fingerprint density at radius 2 is 1.90 bits per heavy atom. The predicted molar refractivity (Wildman–Crippen MR) is 81.1 cm³/mol. The fourth-order valence-electron chi connectivity index (χ4n) is 2.81. The quantitative estimate of drug-likeness (QED) is 0.927. The molecule has 1 N–H and O–H groups in total. The summed E-state index contributed by atoms with van der Waals surface area (Å²) in [4.78, 5) is 25.3. The van der Waals surface area contributed by atoms with Crippen molar-refractivity contribution >= 4 is 11.9 Å². The van der Waals surface area contributed by atoms with E-state index >= 15 is 0 Å². The highest BCUT2D eigenvalue weighted by molar-refractivity contribution is 5.83. The number of carbonyl (C=O) groups excluding carboxylic acids is 1. The second-order valence-electron chi connectivity index (χ2n) is 5.78. The fraction of sp³-hybridized carbons (Fsp3) is 0.529. The molecule has 0 saturated carbocycles. The van der Waals surface area contributed by atoms with Crippen LogP contribution in [-0.4, -0.2) is 34.5 Å². The molecule has 1 amide bonds. The molecule has 1 atom stereocenters. The number of aliphatic carboxylic acids is 1. The average molecular weight is 289 g/mol. The molecule has 1 aromatic carbocycles. The molecule has 1 unspecified atom stereocenters. The van der Waals surface area contributed by atoms with Crippen LogP contribution in [0.15, 0.2) is 24.3 Å². The molecule has 0 aliphatic carbocycles. The second-order valence-corrected chi connectivity index (χ2v) is 5.78. The summed E-state index contributed by atoms with van der Waals surface area (Å²) >= 11 is 0. The predicted octanol–water partition coefficient (Wildman–Crippen LogP) is 2.78. The Labute approximate surface area is 125 Å². The summed E-state index contributed by atoms with van der Waals surface area (Å²) in [5.41, 5.74) is 2.32. The molecule has 1 saturated heterocycles. The van der Waals surface area contributed by atoms with Crippen molar-refractivity contribution in [2.45, 2.75) is 51.5 Å². The van der Waals surface area contributed by atoms with Gasteiger partial charge in [-0.15, -0.1) is 0 Å². The Kier molecular flexibility index (Phi) is 5.37. The lowest BCUT2D eigenvalue weighted by molar-refractivity contribution is -0.150. The number of carbonyl (C=O) groups is 2. The van der Waals surface area contributed by atoms with Crippen LogP contribution >= 0.6 is 0 Å². The van der Waals surface area contributed by atoms with Gasteiger partial charge < -0.3 is 10.0 Å². The molecule has 4 nitrogen and oxygen atoms in total. The summed E-state index contributed by atoms with van der Waals surface area (Å²) in [5, 5.41) is 9.30. The maximum atomic E-state index is 12.4. The highest BCUT2D eigenvalue weighted by atomic mass is 16.4. The first-order chi connectivity index (χ1) is 10.1. The van der Waals surface area contributed by atoms with Crippen LogP contribution in [0.3, 0.4) is 0 Å². The molecule has 2 rings (SSSR count). The van der Waals surface area contributed by atoms with E-state index < -0.39 is 12.0 Å². The first kappa shape index (κ1) is 15.5. The molecule has 0 radical (unpaired) electrons. The smallest absolute Gasteiger partial charge is 0.326 e. The number of hydrogen-bond acceptors (Lipinski definition) is 2. The van der Waals surface area contributed by atoms with Gasteiger partial charge in [-0.1, -0.05) is 42.7 Å². The first-order valence-electron chi connectivity index (χ1n) is 7.66. The van der Waals surface area contributed by atoms with E-state index in [-0.39, 0.29) is 5.91 Å². The van der Waals surface area contributed by atoms with Crippen LogP contribution in [0.5, 0.6) is 0 Å². The van der Waals surface area contributed by atoms with Gasteiger partial charge in [-0.05, 0) is 31.7 Å². The van der Waals surface area contributed by atoms with Gasteiger partial charge in [0.2, 0.25) is 5.91 Å². The zero-order valence-corrected chi connectivity index (χ0v) is 12.5. The number of carboxylic acids is 1. The van der Waals surface area contributed by atoms with E-state index in [1.165, 1.54) is 5.56 Å². The van der Waals surface area contributed by atoms with Gasteiger partial charge >= 0.3 is 5.97 Å². The van der Waals surface area contributed by atoms with E-state index in [0.717, 1.165) is 24.8 Å². The number of likely N-dealkylation sites (tertiary alicyclic amines) is 1. The van der Waals surface area contributed by atoms with Crippen molar-refractivity contribution in [2.75, 3.05) is 6.54 Å². The second kappa shape index (κ2) is 7.25. The van der Waals surface area contributed by atoms with Crippen LogP contribution < -0.4 is 0 Å². The van der Waals surface area contributed by atoms with Crippen molar-refractivity contribution in [1.29, 1.82) is 0 Å². The lowest BCUT2D eigenvalue weighted by Gasteiger charge is -2.27. The first-order valence-corrected chi connectivity index (χ1v) is 7.66. The zero-order chi connectivity index (χ0) is 15.2. The topological polar surface area (TPSA) is 57.6 Å². The summed E-state index contributed by atoms with van der Waals surface area (Å²) in [6.45, 7) is 2.60. The molecular formula is C17H23NO3. The van der Waals surface area contributed by atoms with Gasteiger partial charge in [0.05, 0.1) is 0 Å². The van der Waals surface area contributed by atoms with Gasteiger partial charge in [0, 0.05) is 13.0 Å². The Morgan fingerprint density at radius 1 is 1.19 bits per heavy atom. The van der Waals surface area contributed by atoms with E-state index in [0.29, 0.717) is 25.8 Å². The van der Waals surface area contributed by atoms with Gasteiger partial charge in [0.15, 0.2) is 0 Å². The number of nitrogens with zero attached hydrogens (tertiary/aromatic N) is 1. The number of rotatable bonds is 4. The minimum absolute atomic E-state index is 0.0372. The van der Waals surface area contributed by atoms with Crippen LogP contribution in [0.4, 0.5) is 0 Å². The third-order valence-electron chi connectivity index (χ3n) is 4.11. The summed E-state index contributed by atoms with van der Waals surface area (Å²) in [6, 6.07) is 7.48. The molecule has 0 spiro atoms. The lowest BCUT2D eigenvalue weighted by Crippen LogP contribution is -2.44. The number of aryl methyl sites for hydroxylation is 2. The molecule has 0 aromatic heterocycles. The van der Waals surface area contributed by atoms with Crippen molar-refractivity contribution in [2.24, 2.45) is 0 Å². The fourth-order valence-corrected chi connectivity index (χ4v) is 2.81. The molecule has 114 valence electrons. The van der Waals surface area contributed by atoms with Crippen molar-refractivity contribution in [1.82, 2.24) is 4.90 Å². The van der Waals surface area contributed by atoms with Crippen molar-refractivity contribution < 1.29 is 14.7 Å². The normalized spacial score (nSPS) is 19.1. The zero-order valence-electron chi connectivity index (χ0n) is 12.5. The third kappa shape index (κ3) is 4.31. The van der Waals surface area contributed by atoms with Gasteiger partial charge in [-0.25, -0.2) is 4.79 Å². The van der Waals surface area contributed by atoms with Gasteiger partial charge in [-0.3, -0.25) is 4.79 Å². The largest absolute Gasteiger partial charge is 0.480 e. The van der Waals surface area contributed by atoms with Crippen LogP contribution in [0.1, 0.15) is 43.2 Å². The Hall–Kier alpha value is -1.84. The molecule has 1 fully saturated rings. The van der Waals surface area contributed by atoms with Gasteiger partial charge in [0.25, 0.3) is 0 Å². The molecule has 1 aromatic rings. The van der Waals surface area contributed by atoms with Crippen LogP contribution in [-0.2, 0) is 16.0 Å². The minimum Gasteiger partial charge on any atom is -0.480 e. The molecule has 1 heterocycles. The minimum atomic E-state index is -0.874. The molecule has 4 heteroatoms. The van der Waals surface area contributed by atoms with E-state index in [1.54, 1.807) is 4.90 Å². The maximum absolute atomic E-state index is 12.4. The molecular weight excluding hydrogens is 266 g/mol. The number of carboxylic acid groups (broad SMARTS) is 1. The standard InChI is InChI=1S/C17H23NO3/c1-13-6-8-14(9-7-13)10-11-16(19)18-12-4-2-3-5-15(18)17(20)21/h6-9,15H,2-5,10-12H2,1H3,(H,20,21). The Bertz CT molecular complexity index is 495. The van der Waals surface area contributed by atoms with Crippen molar-refractivity contribution in [3.63, 3.8) is 0 Å². The lowest BCUT2D eigenvalue weighted by atomic mass is 10.1. The Morgan fingerprint density at radius 3 is 2.57 bits per heavy atom. The molecule has 0 bridgehead atoms. The van der Waals surface area contributed by atoms with E-state index in [9.17, 15) is 14.7 Å².